The third-order valence-corrected chi connectivity index (χ3v) is 5.89. The summed E-state index contributed by atoms with van der Waals surface area (Å²) in [5.41, 5.74) is -0.581. The van der Waals surface area contributed by atoms with Gasteiger partial charge < -0.3 is 10.4 Å². The lowest BCUT2D eigenvalue weighted by atomic mass is 9.93. The number of carbonyl (C=O) groups excluding carboxylic acids is 1. The van der Waals surface area contributed by atoms with Crippen LogP contribution < -0.4 is 5.32 Å². The fourth-order valence-electron chi connectivity index (χ4n) is 2.50. The minimum atomic E-state index is -3.19. The Morgan fingerprint density at radius 1 is 1.27 bits per heavy atom. The molecule has 22 heavy (non-hydrogen) atoms. The van der Waals surface area contributed by atoms with Crippen LogP contribution in [0.5, 0.6) is 0 Å². The highest BCUT2D eigenvalue weighted by molar-refractivity contribution is 7.89. The molecular formula is C14H26N2O5S. The van der Waals surface area contributed by atoms with Crippen molar-refractivity contribution in [3.8, 4) is 0 Å². The third kappa shape index (κ3) is 5.57. The van der Waals surface area contributed by atoms with Gasteiger partial charge in [0.05, 0.1) is 5.75 Å². The van der Waals surface area contributed by atoms with Gasteiger partial charge in [0.25, 0.3) is 0 Å². The lowest BCUT2D eigenvalue weighted by molar-refractivity contribution is -0.138. The number of amides is 1. The first-order chi connectivity index (χ1) is 10.1. The second-order valence-corrected chi connectivity index (χ2v) is 8.60. The van der Waals surface area contributed by atoms with Gasteiger partial charge in [0.1, 0.15) is 0 Å². The van der Waals surface area contributed by atoms with Crippen molar-refractivity contribution >= 4 is 21.9 Å². The predicted molar refractivity (Wildman–Crippen MR) is 82.8 cm³/mol. The van der Waals surface area contributed by atoms with E-state index < -0.39 is 21.5 Å². The van der Waals surface area contributed by atoms with Gasteiger partial charge in [-0.3, -0.25) is 9.59 Å². The van der Waals surface area contributed by atoms with Gasteiger partial charge in [-0.05, 0) is 40.0 Å². The first kappa shape index (κ1) is 18.9. The normalized spacial score (nSPS) is 18.1. The Labute approximate surface area is 132 Å². The number of rotatable bonds is 7. The third-order valence-electron chi connectivity index (χ3n) is 4.01. The molecule has 128 valence electrons. The van der Waals surface area contributed by atoms with Crippen molar-refractivity contribution in [3.63, 3.8) is 0 Å². The van der Waals surface area contributed by atoms with E-state index in [1.165, 1.54) is 4.31 Å². The molecular weight excluding hydrogens is 308 g/mol. The van der Waals surface area contributed by atoms with Crippen molar-refractivity contribution in [2.45, 2.75) is 52.0 Å². The van der Waals surface area contributed by atoms with E-state index in [0.717, 1.165) is 0 Å². The number of hydrogen-bond acceptors (Lipinski definition) is 4. The standard InChI is InChI=1S/C14H26N2O5S/c1-4-22(20,21)16-9-6-11(7-10-16)13(19)15-14(2,3)8-5-12(17)18/h11H,4-10H2,1-3H3,(H,15,19)(H,17,18). The molecule has 1 aliphatic heterocycles. The number of carboxylic acid groups (broad SMARTS) is 1. The van der Waals surface area contributed by atoms with Crippen LogP contribution in [0.25, 0.3) is 0 Å². The molecule has 0 aromatic heterocycles. The van der Waals surface area contributed by atoms with Crippen LogP contribution in [-0.4, -0.2) is 54.1 Å². The fourth-order valence-corrected chi connectivity index (χ4v) is 3.63. The van der Waals surface area contributed by atoms with Gasteiger partial charge >= 0.3 is 5.97 Å². The zero-order chi connectivity index (χ0) is 17.0. The zero-order valence-corrected chi connectivity index (χ0v) is 14.3. The molecule has 0 saturated carbocycles. The average molecular weight is 334 g/mol. The van der Waals surface area contributed by atoms with Crippen LogP contribution in [-0.2, 0) is 19.6 Å². The maximum Gasteiger partial charge on any atom is 0.303 e. The lowest BCUT2D eigenvalue weighted by Gasteiger charge is -2.33. The Morgan fingerprint density at radius 2 is 1.82 bits per heavy atom. The Hall–Kier alpha value is -1.15. The van der Waals surface area contributed by atoms with Crippen molar-refractivity contribution in [1.29, 1.82) is 0 Å². The smallest absolute Gasteiger partial charge is 0.303 e. The molecule has 0 spiro atoms. The van der Waals surface area contributed by atoms with Gasteiger partial charge in [0.15, 0.2) is 0 Å². The Bertz CT molecular complexity index is 507. The molecule has 0 aromatic rings. The van der Waals surface area contributed by atoms with E-state index in [1.807, 2.05) is 0 Å². The minimum Gasteiger partial charge on any atom is -0.481 e. The highest BCUT2D eigenvalue weighted by Crippen LogP contribution is 2.21. The summed E-state index contributed by atoms with van der Waals surface area (Å²) >= 11 is 0. The zero-order valence-electron chi connectivity index (χ0n) is 13.5. The van der Waals surface area contributed by atoms with Gasteiger partial charge in [-0.2, -0.15) is 0 Å². The van der Waals surface area contributed by atoms with Crippen molar-refractivity contribution in [2.24, 2.45) is 5.92 Å². The Kier molecular flexibility index (Phi) is 6.37. The van der Waals surface area contributed by atoms with Gasteiger partial charge in [-0.25, -0.2) is 12.7 Å². The predicted octanol–water partition coefficient (Wildman–Crippen LogP) is 0.808. The maximum absolute atomic E-state index is 12.3. The molecule has 0 atom stereocenters. The van der Waals surface area contributed by atoms with Crippen LogP contribution in [0.4, 0.5) is 0 Å². The molecule has 1 fully saturated rings. The van der Waals surface area contributed by atoms with Crippen molar-refractivity contribution in [1.82, 2.24) is 9.62 Å². The van der Waals surface area contributed by atoms with Crippen molar-refractivity contribution < 1.29 is 23.1 Å². The minimum absolute atomic E-state index is 0.000464. The van der Waals surface area contributed by atoms with E-state index in [9.17, 15) is 18.0 Å². The number of nitrogens with one attached hydrogen (secondary N) is 1. The van der Waals surface area contributed by atoms with E-state index in [1.54, 1.807) is 20.8 Å². The Balaban J connectivity index is 2.50. The summed E-state index contributed by atoms with van der Waals surface area (Å²) in [4.78, 5) is 22.9. The number of carboxylic acids is 1. The average Bonchev–Trinajstić information content (AvgIpc) is 2.45. The van der Waals surface area contributed by atoms with E-state index in [-0.39, 0.29) is 24.0 Å². The highest BCUT2D eigenvalue weighted by atomic mass is 32.2. The molecule has 7 nitrogen and oxygen atoms in total. The van der Waals surface area contributed by atoms with Crippen LogP contribution in [0.3, 0.4) is 0 Å². The number of nitrogens with zero attached hydrogens (tertiary/aromatic N) is 1. The summed E-state index contributed by atoms with van der Waals surface area (Å²) in [5, 5.41) is 11.6. The highest BCUT2D eigenvalue weighted by Gasteiger charge is 2.32. The van der Waals surface area contributed by atoms with Crippen LogP contribution in [0.1, 0.15) is 46.5 Å². The van der Waals surface area contributed by atoms with Crippen molar-refractivity contribution in [3.05, 3.63) is 0 Å². The molecule has 8 heteroatoms. The monoisotopic (exact) mass is 334 g/mol. The molecule has 0 unspecified atom stereocenters. The summed E-state index contributed by atoms with van der Waals surface area (Å²) in [6.45, 7) is 5.93. The molecule has 1 saturated heterocycles. The molecule has 0 radical (unpaired) electrons. The summed E-state index contributed by atoms with van der Waals surface area (Å²) < 4.78 is 25.0. The number of piperidine rings is 1. The van der Waals surface area contributed by atoms with Gasteiger partial charge in [-0.1, -0.05) is 0 Å². The molecule has 1 heterocycles. The molecule has 1 aliphatic rings. The molecule has 0 aliphatic carbocycles. The molecule has 2 N–H and O–H groups in total. The van der Waals surface area contributed by atoms with Gasteiger partial charge in [-0.15, -0.1) is 0 Å². The lowest BCUT2D eigenvalue weighted by Crippen LogP contribution is -2.49. The van der Waals surface area contributed by atoms with E-state index in [2.05, 4.69) is 5.32 Å². The summed E-state index contributed by atoms with van der Waals surface area (Å²) in [5.74, 6) is -1.15. The largest absolute Gasteiger partial charge is 0.481 e. The quantitative estimate of drug-likeness (QED) is 0.717. The van der Waals surface area contributed by atoms with Gasteiger partial charge in [0, 0.05) is 31.0 Å². The summed E-state index contributed by atoms with van der Waals surface area (Å²) in [6, 6.07) is 0. The number of carbonyl (C=O) groups is 2. The van der Waals surface area contributed by atoms with Crippen LogP contribution in [0.2, 0.25) is 0 Å². The molecule has 1 amide bonds. The van der Waals surface area contributed by atoms with Gasteiger partial charge in [0.2, 0.25) is 15.9 Å². The van der Waals surface area contributed by atoms with Crippen LogP contribution in [0, 0.1) is 5.92 Å². The summed E-state index contributed by atoms with van der Waals surface area (Å²) in [7, 11) is -3.19. The number of aliphatic carboxylic acids is 1. The van der Waals surface area contributed by atoms with E-state index in [4.69, 9.17) is 5.11 Å². The Morgan fingerprint density at radius 3 is 2.27 bits per heavy atom. The molecule has 0 bridgehead atoms. The second-order valence-electron chi connectivity index (χ2n) is 6.34. The first-order valence-corrected chi connectivity index (χ1v) is 9.20. The van der Waals surface area contributed by atoms with Crippen LogP contribution in [0.15, 0.2) is 0 Å². The van der Waals surface area contributed by atoms with Crippen LogP contribution >= 0.6 is 0 Å². The van der Waals surface area contributed by atoms with Crippen molar-refractivity contribution in [2.75, 3.05) is 18.8 Å². The molecule has 1 rings (SSSR count). The first-order valence-electron chi connectivity index (χ1n) is 7.59. The number of sulfonamides is 1. The van der Waals surface area contributed by atoms with E-state index >= 15 is 0 Å². The van der Waals surface area contributed by atoms with E-state index in [0.29, 0.717) is 32.4 Å². The fraction of sp³-hybridized carbons (Fsp3) is 0.857. The number of hydrogen-bond donors (Lipinski definition) is 2. The summed E-state index contributed by atoms with van der Waals surface area (Å²) in [6.07, 6.45) is 1.36. The second kappa shape index (κ2) is 7.41. The molecule has 0 aromatic carbocycles. The maximum atomic E-state index is 12.3. The SMILES string of the molecule is CCS(=O)(=O)N1CCC(C(=O)NC(C)(C)CCC(=O)O)CC1. The topological polar surface area (TPSA) is 104 Å².